The Bertz CT molecular complexity index is 476. The van der Waals surface area contributed by atoms with Crippen molar-refractivity contribution >= 4 is 17.6 Å². The maximum Gasteiger partial charge on any atom is 0.251 e. The van der Waals surface area contributed by atoms with E-state index in [0.29, 0.717) is 30.2 Å². The topological polar surface area (TPSA) is 109 Å². The number of aromatic nitrogens is 1. The van der Waals surface area contributed by atoms with Crippen LogP contribution in [0.5, 0.6) is 0 Å². The molecule has 0 aromatic carbocycles. The minimum Gasteiger partial charge on any atom is -0.356 e. The van der Waals surface area contributed by atoms with Crippen molar-refractivity contribution < 1.29 is 9.59 Å². The fraction of sp³-hybridized carbons (Fsp3) is 0.462. The zero-order chi connectivity index (χ0) is 15.0. The molecule has 110 valence electrons. The molecule has 1 aromatic heterocycles. The van der Waals surface area contributed by atoms with Crippen molar-refractivity contribution in [3.8, 4) is 0 Å². The summed E-state index contributed by atoms with van der Waals surface area (Å²) in [4.78, 5) is 27.4. The van der Waals surface area contributed by atoms with Gasteiger partial charge in [0.1, 0.15) is 5.82 Å². The first-order valence-electron chi connectivity index (χ1n) is 6.57. The van der Waals surface area contributed by atoms with Crippen molar-refractivity contribution in [3.05, 3.63) is 23.4 Å². The van der Waals surface area contributed by atoms with E-state index in [0.717, 1.165) is 6.42 Å². The highest BCUT2D eigenvalue weighted by Crippen LogP contribution is 2.08. The van der Waals surface area contributed by atoms with Crippen LogP contribution in [0.1, 0.15) is 35.8 Å². The standard InChI is InChI=1S/C13H21N5O2/c1-3-5-15-12(19)4-6-16-13(20)10-7-9(2)17-11(8-10)18-14/h7-8H,3-6,14H2,1-2H3,(H,15,19)(H,16,20)(H,17,18). The van der Waals surface area contributed by atoms with E-state index < -0.39 is 0 Å². The molecule has 5 N–H and O–H groups in total. The van der Waals surface area contributed by atoms with Crippen LogP contribution in [0.3, 0.4) is 0 Å². The number of carbonyl (C=O) groups is 2. The van der Waals surface area contributed by atoms with Gasteiger partial charge >= 0.3 is 0 Å². The zero-order valence-corrected chi connectivity index (χ0v) is 11.8. The molecule has 0 saturated carbocycles. The van der Waals surface area contributed by atoms with Crippen LogP contribution in [0, 0.1) is 6.92 Å². The van der Waals surface area contributed by atoms with Crippen molar-refractivity contribution in [1.29, 1.82) is 0 Å². The average Bonchev–Trinajstić information content (AvgIpc) is 2.44. The van der Waals surface area contributed by atoms with Crippen LogP contribution < -0.4 is 21.9 Å². The quantitative estimate of drug-likeness (QED) is 0.424. The molecule has 0 aliphatic heterocycles. The number of hydrazine groups is 1. The Hall–Kier alpha value is -2.15. The number of hydrogen-bond donors (Lipinski definition) is 4. The molecular weight excluding hydrogens is 258 g/mol. The van der Waals surface area contributed by atoms with Crippen LogP contribution in [0.15, 0.2) is 12.1 Å². The summed E-state index contributed by atoms with van der Waals surface area (Å²) in [5.74, 6) is 5.38. The molecule has 0 aliphatic rings. The van der Waals surface area contributed by atoms with Gasteiger partial charge in [0, 0.05) is 30.8 Å². The Labute approximate surface area is 118 Å². The van der Waals surface area contributed by atoms with Crippen molar-refractivity contribution in [2.45, 2.75) is 26.7 Å². The van der Waals surface area contributed by atoms with Gasteiger partial charge in [-0.05, 0) is 25.5 Å². The lowest BCUT2D eigenvalue weighted by molar-refractivity contribution is -0.120. The number of nitrogens with one attached hydrogen (secondary N) is 3. The van der Waals surface area contributed by atoms with E-state index in [1.54, 1.807) is 19.1 Å². The van der Waals surface area contributed by atoms with Gasteiger partial charge in [-0.1, -0.05) is 6.92 Å². The summed E-state index contributed by atoms with van der Waals surface area (Å²) < 4.78 is 0. The van der Waals surface area contributed by atoms with E-state index in [2.05, 4.69) is 21.0 Å². The van der Waals surface area contributed by atoms with Crippen LogP contribution in [-0.4, -0.2) is 29.9 Å². The van der Waals surface area contributed by atoms with Crippen molar-refractivity contribution in [2.24, 2.45) is 5.84 Å². The number of anilines is 1. The molecule has 20 heavy (non-hydrogen) atoms. The number of amides is 2. The Morgan fingerprint density at radius 3 is 2.65 bits per heavy atom. The third-order valence-corrected chi connectivity index (χ3v) is 2.57. The summed E-state index contributed by atoms with van der Waals surface area (Å²) >= 11 is 0. The first kappa shape index (κ1) is 15.9. The summed E-state index contributed by atoms with van der Waals surface area (Å²) in [6.45, 7) is 4.70. The van der Waals surface area contributed by atoms with E-state index >= 15 is 0 Å². The second-order valence-corrected chi connectivity index (χ2v) is 4.38. The highest BCUT2D eigenvalue weighted by molar-refractivity contribution is 5.95. The molecule has 1 heterocycles. The van der Waals surface area contributed by atoms with E-state index in [1.807, 2.05) is 6.92 Å². The van der Waals surface area contributed by atoms with Gasteiger partial charge in [0.25, 0.3) is 5.91 Å². The predicted molar refractivity (Wildman–Crippen MR) is 77.0 cm³/mol. The maximum absolute atomic E-state index is 11.9. The molecule has 1 aromatic rings. The Morgan fingerprint density at radius 1 is 1.25 bits per heavy atom. The lowest BCUT2D eigenvalue weighted by Crippen LogP contribution is -2.31. The van der Waals surface area contributed by atoms with E-state index in [4.69, 9.17) is 5.84 Å². The number of nitrogens with zero attached hydrogens (tertiary/aromatic N) is 1. The van der Waals surface area contributed by atoms with Gasteiger partial charge in [0.05, 0.1) is 0 Å². The average molecular weight is 279 g/mol. The molecule has 0 unspecified atom stereocenters. The Balaban J connectivity index is 2.47. The van der Waals surface area contributed by atoms with Gasteiger partial charge in [0.15, 0.2) is 0 Å². The number of nitrogens with two attached hydrogens (primary N) is 1. The first-order chi connectivity index (χ1) is 9.56. The number of nitrogen functional groups attached to an aromatic ring is 1. The highest BCUT2D eigenvalue weighted by atomic mass is 16.2. The van der Waals surface area contributed by atoms with Gasteiger partial charge in [-0.15, -0.1) is 0 Å². The molecule has 0 saturated heterocycles. The number of aryl methyl sites for hydroxylation is 1. The minimum atomic E-state index is -0.254. The molecule has 0 fully saturated rings. The van der Waals surface area contributed by atoms with Crippen LogP contribution in [-0.2, 0) is 4.79 Å². The molecule has 7 nitrogen and oxygen atoms in total. The molecule has 0 bridgehead atoms. The summed E-state index contributed by atoms with van der Waals surface area (Å²) in [5.41, 5.74) is 3.55. The molecule has 0 spiro atoms. The summed E-state index contributed by atoms with van der Waals surface area (Å²) in [6, 6.07) is 3.22. The first-order valence-corrected chi connectivity index (χ1v) is 6.57. The van der Waals surface area contributed by atoms with Gasteiger partial charge in [0.2, 0.25) is 5.91 Å². The summed E-state index contributed by atoms with van der Waals surface area (Å²) in [6.07, 6.45) is 1.15. The summed E-state index contributed by atoms with van der Waals surface area (Å²) in [5, 5.41) is 5.44. The normalized spacial score (nSPS) is 9.95. The minimum absolute atomic E-state index is 0.0672. The zero-order valence-electron chi connectivity index (χ0n) is 11.8. The fourth-order valence-corrected chi connectivity index (χ4v) is 1.62. The molecule has 2 amide bonds. The van der Waals surface area contributed by atoms with Crippen LogP contribution in [0.25, 0.3) is 0 Å². The monoisotopic (exact) mass is 279 g/mol. The molecule has 0 atom stereocenters. The van der Waals surface area contributed by atoms with Crippen LogP contribution >= 0.6 is 0 Å². The second kappa shape index (κ2) is 8.11. The molecule has 0 aliphatic carbocycles. The van der Waals surface area contributed by atoms with Crippen molar-refractivity contribution in [1.82, 2.24) is 15.6 Å². The number of hydrogen-bond acceptors (Lipinski definition) is 5. The van der Waals surface area contributed by atoms with Gasteiger partial charge in [-0.25, -0.2) is 10.8 Å². The smallest absolute Gasteiger partial charge is 0.251 e. The Kier molecular flexibility index (Phi) is 6.45. The number of pyridine rings is 1. The van der Waals surface area contributed by atoms with Gasteiger partial charge in [-0.2, -0.15) is 0 Å². The second-order valence-electron chi connectivity index (χ2n) is 4.38. The number of carbonyl (C=O) groups excluding carboxylic acids is 2. The highest BCUT2D eigenvalue weighted by Gasteiger charge is 2.08. The van der Waals surface area contributed by atoms with E-state index in [-0.39, 0.29) is 18.2 Å². The number of rotatable bonds is 7. The Morgan fingerprint density at radius 2 is 2.00 bits per heavy atom. The maximum atomic E-state index is 11.9. The van der Waals surface area contributed by atoms with Crippen LogP contribution in [0.2, 0.25) is 0 Å². The lowest BCUT2D eigenvalue weighted by atomic mass is 10.2. The fourth-order valence-electron chi connectivity index (χ4n) is 1.62. The summed E-state index contributed by atoms with van der Waals surface area (Å²) in [7, 11) is 0. The molecular formula is C13H21N5O2. The van der Waals surface area contributed by atoms with Crippen molar-refractivity contribution in [2.75, 3.05) is 18.5 Å². The molecule has 0 radical (unpaired) electrons. The molecule has 1 rings (SSSR count). The predicted octanol–water partition coefficient (Wildman–Crippen LogP) is 0.322. The van der Waals surface area contributed by atoms with Gasteiger partial charge < -0.3 is 16.1 Å². The third kappa shape index (κ3) is 5.23. The third-order valence-electron chi connectivity index (χ3n) is 2.57. The van der Waals surface area contributed by atoms with Crippen molar-refractivity contribution in [3.63, 3.8) is 0 Å². The SMILES string of the molecule is CCCNC(=O)CCNC(=O)c1cc(C)nc(NN)c1. The van der Waals surface area contributed by atoms with Gasteiger partial charge in [-0.3, -0.25) is 9.59 Å². The largest absolute Gasteiger partial charge is 0.356 e. The van der Waals surface area contributed by atoms with Crippen LogP contribution in [0.4, 0.5) is 5.82 Å². The van der Waals surface area contributed by atoms with E-state index in [1.165, 1.54) is 0 Å². The van der Waals surface area contributed by atoms with E-state index in [9.17, 15) is 9.59 Å². The lowest BCUT2D eigenvalue weighted by Gasteiger charge is -2.08. The molecule has 7 heteroatoms.